The third-order valence-electron chi connectivity index (χ3n) is 4.38. The van der Waals surface area contributed by atoms with Crippen LogP contribution >= 0.6 is 15.9 Å². The van der Waals surface area contributed by atoms with Crippen molar-refractivity contribution < 1.29 is 9.59 Å². The van der Waals surface area contributed by atoms with E-state index in [0.29, 0.717) is 6.42 Å². The summed E-state index contributed by atoms with van der Waals surface area (Å²) in [5.41, 5.74) is 0.208. The SMILES string of the molecule is CCC1(C)NC(=O)C(C)N(C(C)c2ccc(Br)cc2)C1=O. The maximum atomic E-state index is 12.8. The second-order valence-corrected chi connectivity index (χ2v) is 6.71. The van der Waals surface area contributed by atoms with Crippen molar-refractivity contribution in [2.75, 3.05) is 0 Å². The Balaban J connectivity index is 2.36. The number of amides is 2. The summed E-state index contributed by atoms with van der Waals surface area (Å²) in [6.07, 6.45) is 0.577. The van der Waals surface area contributed by atoms with Crippen LogP contribution in [0.25, 0.3) is 0 Å². The first-order chi connectivity index (χ1) is 9.80. The van der Waals surface area contributed by atoms with Crippen LogP contribution in [0.4, 0.5) is 0 Å². The number of halogens is 1. The van der Waals surface area contributed by atoms with Crippen LogP contribution in [0.1, 0.15) is 45.7 Å². The number of hydrogen-bond donors (Lipinski definition) is 1. The van der Waals surface area contributed by atoms with Gasteiger partial charge in [0.25, 0.3) is 0 Å². The Labute approximate surface area is 134 Å². The fourth-order valence-corrected chi connectivity index (χ4v) is 2.93. The van der Waals surface area contributed by atoms with Crippen molar-refractivity contribution in [3.05, 3.63) is 34.3 Å². The van der Waals surface area contributed by atoms with Crippen LogP contribution in [0, 0.1) is 0 Å². The Hall–Kier alpha value is -1.36. The molecule has 1 aliphatic rings. The van der Waals surface area contributed by atoms with Gasteiger partial charge in [-0.1, -0.05) is 35.0 Å². The number of rotatable bonds is 3. The Morgan fingerprint density at radius 1 is 1.33 bits per heavy atom. The van der Waals surface area contributed by atoms with E-state index < -0.39 is 11.6 Å². The fourth-order valence-electron chi connectivity index (χ4n) is 2.67. The first-order valence-corrected chi connectivity index (χ1v) is 7.99. The van der Waals surface area contributed by atoms with E-state index in [0.717, 1.165) is 10.0 Å². The lowest BCUT2D eigenvalue weighted by molar-refractivity contribution is -0.156. The Morgan fingerprint density at radius 3 is 2.43 bits per heavy atom. The normalized spacial score (nSPS) is 27.5. The highest BCUT2D eigenvalue weighted by molar-refractivity contribution is 9.10. The van der Waals surface area contributed by atoms with Gasteiger partial charge in [-0.05, 0) is 44.9 Å². The van der Waals surface area contributed by atoms with Crippen molar-refractivity contribution >= 4 is 27.7 Å². The molecular formula is C16H21BrN2O2. The molecule has 3 unspecified atom stereocenters. The monoisotopic (exact) mass is 352 g/mol. The number of hydrogen-bond acceptors (Lipinski definition) is 2. The van der Waals surface area contributed by atoms with Crippen molar-refractivity contribution in [3.8, 4) is 0 Å². The summed E-state index contributed by atoms with van der Waals surface area (Å²) in [5, 5.41) is 2.85. The van der Waals surface area contributed by atoms with Gasteiger partial charge in [-0.15, -0.1) is 0 Å². The second kappa shape index (κ2) is 5.79. The van der Waals surface area contributed by atoms with E-state index in [-0.39, 0.29) is 17.9 Å². The molecule has 3 atom stereocenters. The first-order valence-electron chi connectivity index (χ1n) is 7.20. The molecule has 0 bridgehead atoms. The molecule has 0 saturated carbocycles. The van der Waals surface area contributed by atoms with E-state index in [1.165, 1.54) is 0 Å². The summed E-state index contributed by atoms with van der Waals surface area (Å²) in [6, 6.07) is 7.25. The molecule has 1 aromatic carbocycles. The molecule has 0 aromatic heterocycles. The molecule has 1 aliphatic heterocycles. The zero-order chi connectivity index (χ0) is 15.8. The highest BCUT2D eigenvalue weighted by Gasteiger charge is 2.47. The molecule has 1 heterocycles. The topological polar surface area (TPSA) is 49.4 Å². The fraction of sp³-hybridized carbons (Fsp3) is 0.500. The number of nitrogens with zero attached hydrogens (tertiary/aromatic N) is 1. The molecule has 1 saturated heterocycles. The van der Waals surface area contributed by atoms with Gasteiger partial charge in [0.2, 0.25) is 11.8 Å². The number of carbonyl (C=O) groups excluding carboxylic acids is 2. The van der Waals surface area contributed by atoms with Crippen molar-refractivity contribution in [1.82, 2.24) is 10.2 Å². The average Bonchev–Trinajstić information content (AvgIpc) is 2.46. The molecule has 1 N–H and O–H groups in total. The molecule has 2 amide bonds. The molecule has 0 spiro atoms. The van der Waals surface area contributed by atoms with Crippen molar-refractivity contribution in [2.45, 2.75) is 51.7 Å². The van der Waals surface area contributed by atoms with Gasteiger partial charge in [-0.3, -0.25) is 9.59 Å². The lowest BCUT2D eigenvalue weighted by Crippen LogP contribution is -2.68. The van der Waals surface area contributed by atoms with E-state index in [4.69, 9.17) is 0 Å². The quantitative estimate of drug-likeness (QED) is 0.908. The minimum atomic E-state index is -0.812. The lowest BCUT2D eigenvalue weighted by Gasteiger charge is -2.45. The van der Waals surface area contributed by atoms with Crippen LogP contribution in [0.2, 0.25) is 0 Å². The predicted molar refractivity (Wildman–Crippen MR) is 85.7 cm³/mol. The summed E-state index contributed by atoms with van der Waals surface area (Å²) in [5.74, 6) is -0.115. The summed E-state index contributed by atoms with van der Waals surface area (Å²) in [6.45, 7) is 7.45. The maximum absolute atomic E-state index is 12.8. The Bertz CT molecular complexity index is 558. The van der Waals surface area contributed by atoms with Gasteiger partial charge >= 0.3 is 0 Å². The molecule has 114 valence electrons. The summed E-state index contributed by atoms with van der Waals surface area (Å²) >= 11 is 3.41. The predicted octanol–water partition coefficient (Wildman–Crippen LogP) is 3.03. The lowest BCUT2D eigenvalue weighted by atomic mass is 9.90. The standard InChI is InChI=1S/C16H21BrN2O2/c1-5-16(4)15(21)19(11(3)14(20)18-16)10(2)12-6-8-13(17)9-7-12/h6-11H,5H2,1-4H3,(H,18,20). The van der Waals surface area contributed by atoms with E-state index >= 15 is 0 Å². The van der Waals surface area contributed by atoms with E-state index in [1.807, 2.05) is 38.1 Å². The smallest absolute Gasteiger partial charge is 0.249 e. The maximum Gasteiger partial charge on any atom is 0.249 e. The summed E-state index contributed by atoms with van der Waals surface area (Å²) in [4.78, 5) is 26.7. The number of nitrogens with one attached hydrogen (secondary N) is 1. The van der Waals surface area contributed by atoms with E-state index in [9.17, 15) is 9.59 Å². The minimum absolute atomic E-state index is 0.0208. The zero-order valence-electron chi connectivity index (χ0n) is 12.8. The van der Waals surface area contributed by atoms with Crippen LogP contribution in [0.5, 0.6) is 0 Å². The largest absolute Gasteiger partial charge is 0.340 e. The first kappa shape index (κ1) is 16.0. The van der Waals surface area contributed by atoms with Gasteiger partial charge in [-0.25, -0.2) is 0 Å². The van der Waals surface area contributed by atoms with Gasteiger partial charge in [-0.2, -0.15) is 0 Å². The molecule has 21 heavy (non-hydrogen) atoms. The van der Waals surface area contributed by atoms with E-state index in [2.05, 4.69) is 21.2 Å². The number of carbonyl (C=O) groups is 2. The van der Waals surface area contributed by atoms with Crippen molar-refractivity contribution in [1.29, 1.82) is 0 Å². The van der Waals surface area contributed by atoms with Gasteiger partial charge in [0.1, 0.15) is 11.6 Å². The highest BCUT2D eigenvalue weighted by atomic mass is 79.9. The van der Waals surface area contributed by atoms with Crippen LogP contribution in [-0.2, 0) is 9.59 Å². The van der Waals surface area contributed by atoms with Crippen LogP contribution in [0.3, 0.4) is 0 Å². The third-order valence-corrected chi connectivity index (χ3v) is 4.91. The molecule has 0 radical (unpaired) electrons. The van der Waals surface area contributed by atoms with Crippen LogP contribution in [0.15, 0.2) is 28.7 Å². The number of benzene rings is 1. The Kier molecular flexibility index (Phi) is 4.42. The van der Waals surface area contributed by atoms with Crippen LogP contribution < -0.4 is 5.32 Å². The minimum Gasteiger partial charge on any atom is -0.340 e. The Morgan fingerprint density at radius 2 is 1.90 bits per heavy atom. The molecule has 1 aromatic rings. The van der Waals surface area contributed by atoms with Crippen LogP contribution in [-0.4, -0.2) is 28.3 Å². The zero-order valence-corrected chi connectivity index (χ0v) is 14.4. The van der Waals surface area contributed by atoms with Crippen molar-refractivity contribution in [2.24, 2.45) is 0 Å². The number of piperazine rings is 1. The highest BCUT2D eigenvalue weighted by Crippen LogP contribution is 2.30. The third kappa shape index (κ3) is 2.84. The molecule has 1 fully saturated rings. The second-order valence-electron chi connectivity index (χ2n) is 5.79. The van der Waals surface area contributed by atoms with E-state index in [1.54, 1.807) is 18.7 Å². The molecule has 2 rings (SSSR count). The molecular weight excluding hydrogens is 332 g/mol. The van der Waals surface area contributed by atoms with Gasteiger partial charge < -0.3 is 10.2 Å². The molecule has 5 heteroatoms. The average molecular weight is 353 g/mol. The van der Waals surface area contributed by atoms with Gasteiger partial charge in [0, 0.05) is 4.47 Å². The van der Waals surface area contributed by atoms with Crippen molar-refractivity contribution in [3.63, 3.8) is 0 Å². The van der Waals surface area contributed by atoms with Gasteiger partial charge in [0.15, 0.2) is 0 Å². The summed E-state index contributed by atoms with van der Waals surface area (Å²) in [7, 11) is 0. The van der Waals surface area contributed by atoms with Gasteiger partial charge in [0.05, 0.1) is 6.04 Å². The summed E-state index contributed by atoms with van der Waals surface area (Å²) < 4.78 is 0.993. The molecule has 4 nitrogen and oxygen atoms in total. The molecule has 0 aliphatic carbocycles.